The molecule has 1 aromatic carbocycles. The quantitative estimate of drug-likeness (QED) is 0.568. The number of anilines is 1. The monoisotopic (exact) mass is 549 g/mol. The Balaban J connectivity index is 1.64. The van der Waals surface area contributed by atoms with E-state index >= 15 is 0 Å². The van der Waals surface area contributed by atoms with Gasteiger partial charge in [0.15, 0.2) is 0 Å². The number of hydrogen-bond donors (Lipinski definition) is 1. The third kappa shape index (κ3) is 4.31. The van der Waals surface area contributed by atoms with Crippen LogP contribution >= 0.6 is 0 Å². The van der Waals surface area contributed by atoms with Crippen LogP contribution in [0.25, 0.3) is 0 Å². The lowest BCUT2D eigenvalue weighted by atomic mass is 9.74. The molecule has 8 heteroatoms. The number of likely N-dealkylation sites (tertiary alicyclic amines) is 1. The van der Waals surface area contributed by atoms with Gasteiger partial charge in [0.2, 0.25) is 17.7 Å². The summed E-state index contributed by atoms with van der Waals surface area (Å²) in [6.45, 7) is 14.6. The van der Waals surface area contributed by atoms with E-state index in [1.54, 1.807) is 11.8 Å². The predicted octanol–water partition coefficient (Wildman–Crippen LogP) is 3.55. The lowest BCUT2D eigenvalue weighted by Crippen LogP contribution is -2.61. The predicted molar refractivity (Wildman–Crippen MR) is 153 cm³/mol. The van der Waals surface area contributed by atoms with Gasteiger partial charge in [-0.1, -0.05) is 63.3 Å². The number of carbonyl (C=O) groups excluding carboxylic acids is 3. The van der Waals surface area contributed by atoms with Gasteiger partial charge in [-0.2, -0.15) is 0 Å². The van der Waals surface area contributed by atoms with Crippen LogP contribution in [0.1, 0.15) is 54.9 Å². The second kappa shape index (κ2) is 9.55. The van der Waals surface area contributed by atoms with E-state index in [9.17, 15) is 19.5 Å². The van der Waals surface area contributed by atoms with Crippen molar-refractivity contribution in [1.82, 2.24) is 9.80 Å². The van der Waals surface area contributed by atoms with Crippen molar-refractivity contribution in [3.8, 4) is 0 Å². The lowest BCUT2D eigenvalue weighted by molar-refractivity contribution is -0.157. The number of amides is 3. The number of rotatable bonds is 5. The Labute approximate surface area is 237 Å². The molecule has 1 unspecified atom stereocenters. The van der Waals surface area contributed by atoms with E-state index in [0.29, 0.717) is 13.1 Å². The fraction of sp³-hybridized carbons (Fsp3) is 0.594. The first-order valence-corrected chi connectivity index (χ1v) is 14.3. The van der Waals surface area contributed by atoms with E-state index in [1.807, 2.05) is 66.5 Å². The van der Waals surface area contributed by atoms with Crippen molar-refractivity contribution in [3.63, 3.8) is 0 Å². The lowest BCUT2D eigenvalue weighted by Gasteiger charge is -2.45. The molecule has 2 saturated heterocycles. The van der Waals surface area contributed by atoms with Gasteiger partial charge in [0.05, 0.1) is 30.1 Å². The summed E-state index contributed by atoms with van der Waals surface area (Å²) in [5.41, 5.74) is -2.23. The third-order valence-electron chi connectivity index (χ3n) is 9.00. The molecule has 0 saturated carbocycles. The summed E-state index contributed by atoms with van der Waals surface area (Å²) in [6.07, 6.45) is 8.34. The number of hydrogen-bond acceptors (Lipinski definition) is 5. The molecule has 40 heavy (non-hydrogen) atoms. The summed E-state index contributed by atoms with van der Waals surface area (Å²) in [6, 6.07) is 7.79. The minimum Gasteiger partial charge on any atom is -0.394 e. The van der Waals surface area contributed by atoms with Crippen molar-refractivity contribution in [2.45, 2.75) is 83.7 Å². The summed E-state index contributed by atoms with van der Waals surface area (Å²) in [7, 11) is 0. The maximum atomic E-state index is 14.6. The molecule has 6 atom stereocenters. The molecule has 0 bridgehead atoms. The van der Waals surface area contributed by atoms with E-state index < -0.39 is 40.7 Å². The molecule has 0 aliphatic carbocycles. The molecule has 2 fully saturated rings. The van der Waals surface area contributed by atoms with Gasteiger partial charge < -0.3 is 24.5 Å². The van der Waals surface area contributed by atoms with Gasteiger partial charge in [-0.3, -0.25) is 14.4 Å². The molecule has 4 aliphatic rings. The summed E-state index contributed by atoms with van der Waals surface area (Å²) >= 11 is 0. The van der Waals surface area contributed by atoms with Crippen LogP contribution in [0.3, 0.4) is 0 Å². The van der Waals surface area contributed by atoms with Crippen LogP contribution in [-0.2, 0) is 19.1 Å². The van der Waals surface area contributed by atoms with Crippen LogP contribution in [-0.4, -0.2) is 81.1 Å². The van der Waals surface area contributed by atoms with Crippen molar-refractivity contribution < 1.29 is 24.2 Å². The molecule has 1 aromatic rings. The Morgan fingerprint density at radius 2 is 1.60 bits per heavy atom. The Kier molecular flexibility index (Phi) is 6.82. The minimum atomic E-state index is -1.34. The molecular weight excluding hydrogens is 506 g/mol. The topological polar surface area (TPSA) is 90.4 Å². The van der Waals surface area contributed by atoms with Crippen LogP contribution in [0.2, 0.25) is 0 Å². The number of para-hydroxylation sites is 1. The van der Waals surface area contributed by atoms with Crippen LogP contribution in [0, 0.1) is 17.3 Å². The fourth-order valence-corrected chi connectivity index (χ4v) is 7.80. The van der Waals surface area contributed by atoms with Gasteiger partial charge in [-0.15, -0.1) is 0 Å². The smallest absolute Gasteiger partial charge is 0.249 e. The van der Waals surface area contributed by atoms with Crippen molar-refractivity contribution in [3.05, 3.63) is 54.6 Å². The number of carbonyl (C=O) groups is 3. The molecule has 4 heterocycles. The first-order valence-electron chi connectivity index (χ1n) is 14.3. The van der Waals surface area contributed by atoms with E-state index in [4.69, 9.17) is 4.74 Å². The van der Waals surface area contributed by atoms with Crippen LogP contribution < -0.4 is 4.90 Å². The van der Waals surface area contributed by atoms with Crippen LogP contribution in [0.15, 0.2) is 54.6 Å². The summed E-state index contributed by atoms with van der Waals surface area (Å²) in [4.78, 5) is 48.4. The first kappa shape index (κ1) is 28.6. The first-order chi connectivity index (χ1) is 18.7. The van der Waals surface area contributed by atoms with Gasteiger partial charge in [-0.25, -0.2) is 0 Å². The van der Waals surface area contributed by atoms with Crippen molar-refractivity contribution in [2.24, 2.45) is 17.3 Å². The zero-order valence-corrected chi connectivity index (χ0v) is 24.8. The molecule has 4 aliphatic heterocycles. The Morgan fingerprint density at radius 1 is 0.950 bits per heavy atom. The molecule has 8 nitrogen and oxygen atoms in total. The third-order valence-corrected chi connectivity index (χ3v) is 9.00. The Hall–Kier alpha value is -2.97. The van der Waals surface area contributed by atoms with Gasteiger partial charge in [0, 0.05) is 24.3 Å². The van der Waals surface area contributed by atoms with E-state index in [1.165, 1.54) is 4.90 Å². The maximum absolute atomic E-state index is 14.6. The van der Waals surface area contributed by atoms with Gasteiger partial charge in [0.1, 0.15) is 11.6 Å². The van der Waals surface area contributed by atoms with Crippen LogP contribution in [0.4, 0.5) is 5.69 Å². The highest BCUT2D eigenvalue weighted by molar-refractivity contribution is 6.04. The van der Waals surface area contributed by atoms with Gasteiger partial charge in [0.25, 0.3) is 0 Å². The van der Waals surface area contributed by atoms with E-state index in [2.05, 4.69) is 34.6 Å². The maximum Gasteiger partial charge on any atom is 0.249 e. The zero-order valence-electron chi connectivity index (χ0n) is 24.8. The highest BCUT2D eigenvalue weighted by atomic mass is 16.5. The number of nitrogens with zero attached hydrogens (tertiary/aromatic N) is 3. The summed E-state index contributed by atoms with van der Waals surface area (Å²) in [5, 5.41) is 10.2. The highest BCUT2D eigenvalue weighted by Gasteiger charge is 2.75. The molecule has 0 aromatic heterocycles. The van der Waals surface area contributed by atoms with Crippen molar-refractivity contribution in [1.29, 1.82) is 0 Å². The average molecular weight is 550 g/mol. The second-order valence-electron chi connectivity index (χ2n) is 13.9. The van der Waals surface area contributed by atoms with Crippen molar-refractivity contribution >= 4 is 23.4 Å². The highest BCUT2D eigenvalue weighted by Crippen LogP contribution is 2.58. The number of aliphatic hydroxyl groups is 1. The normalized spacial score (nSPS) is 33.0. The number of fused-ring (bicyclic) bond motifs is 2. The Morgan fingerprint density at radius 3 is 2.23 bits per heavy atom. The number of ether oxygens (including phenoxy) is 1. The zero-order chi connectivity index (χ0) is 29.3. The standard InChI is InChI=1S/C32H43N3O5/c1-21(19-36)35-25-28(39)34(30(5,6)20-29(2,3)4)18-12-16-32(25)24(27(35)38)23-26(37)33(22-13-9-8-10-14-22)17-11-15-31(23,7)40-32/h8-16,21,23-25,36H,17-20H2,1-7H3/t21-,23+,24+,25?,31-,32+/m1/s1. The minimum absolute atomic E-state index is 0.0355. The van der Waals surface area contributed by atoms with Gasteiger partial charge >= 0.3 is 0 Å². The molecule has 5 rings (SSSR count). The average Bonchev–Trinajstić information content (AvgIpc) is 3.14. The number of benzene rings is 1. The molecule has 3 amide bonds. The van der Waals surface area contributed by atoms with Crippen molar-refractivity contribution in [2.75, 3.05) is 24.6 Å². The van der Waals surface area contributed by atoms with Crippen LogP contribution in [0.5, 0.6) is 0 Å². The van der Waals surface area contributed by atoms with Gasteiger partial charge in [-0.05, 0) is 51.7 Å². The molecule has 216 valence electrons. The number of aliphatic hydroxyl groups excluding tert-OH is 1. The molecule has 1 N–H and O–H groups in total. The largest absolute Gasteiger partial charge is 0.394 e. The molecular formula is C32H43N3O5. The SMILES string of the molecule is C[C@H](CO)N1C(=O)[C@@H]2[C@H]3C(=O)N(c4ccccc4)CC=C[C@@]3(C)O[C@@]23C=CCN(C(C)(C)CC(C)(C)C)C(=O)C13. The van der Waals surface area contributed by atoms with E-state index in [0.717, 1.165) is 12.1 Å². The molecule has 1 spiro atoms. The van der Waals surface area contributed by atoms with E-state index in [-0.39, 0.29) is 29.7 Å². The fourth-order valence-electron chi connectivity index (χ4n) is 7.80. The summed E-state index contributed by atoms with van der Waals surface area (Å²) in [5.74, 6) is -2.51. The second-order valence-corrected chi connectivity index (χ2v) is 13.9. The molecule has 0 radical (unpaired) electrons. The summed E-state index contributed by atoms with van der Waals surface area (Å²) < 4.78 is 6.90. The Bertz CT molecular complexity index is 1250.